The van der Waals surface area contributed by atoms with E-state index in [4.69, 9.17) is 5.11 Å². The largest absolute Gasteiger partial charge is 0.481 e. The number of thioether (sulfide) groups is 1. The summed E-state index contributed by atoms with van der Waals surface area (Å²) in [5, 5.41) is 21.1. The third kappa shape index (κ3) is 4.86. The molecule has 1 rings (SSSR count). The molecule has 0 aliphatic rings. The highest BCUT2D eigenvalue weighted by molar-refractivity contribution is 7.98. The standard InChI is InChI=1S/C14H19NO4S/c1-9-4-5-10(20-3)6-11(9)13(18)15-8-14(2,19)7-12(16)17/h4-6,19H,7-8H2,1-3H3,(H,15,18)(H,16,17). The number of nitrogens with one attached hydrogen (secondary N) is 1. The zero-order valence-corrected chi connectivity index (χ0v) is 12.6. The van der Waals surface area contributed by atoms with Crippen molar-refractivity contribution >= 4 is 23.6 Å². The molecule has 0 saturated heterocycles. The average Bonchev–Trinajstić information content (AvgIpc) is 2.35. The van der Waals surface area contributed by atoms with Crippen LogP contribution in [0.25, 0.3) is 0 Å². The Morgan fingerprint density at radius 3 is 2.60 bits per heavy atom. The number of aliphatic hydroxyl groups is 1. The normalized spacial score (nSPS) is 13.6. The number of rotatable bonds is 6. The van der Waals surface area contributed by atoms with E-state index in [0.717, 1.165) is 10.5 Å². The number of hydrogen-bond acceptors (Lipinski definition) is 4. The second-order valence-corrected chi connectivity index (χ2v) is 5.81. The van der Waals surface area contributed by atoms with Gasteiger partial charge in [-0.1, -0.05) is 6.07 Å². The second kappa shape index (κ2) is 6.76. The Hall–Kier alpha value is -1.53. The van der Waals surface area contributed by atoms with Gasteiger partial charge in [-0.15, -0.1) is 11.8 Å². The van der Waals surface area contributed by atoms with Gasteiger partial charge in [0, 0.05) is 17.0 Å². The summed E-state index contributed by atoms with van der Waals surface area (Å²) in [6.07, 6.45) is 1.50. The minimum atomic E-state index is -1.47. The fraction of sp³-hybridized carbons (Fsp3) is 0.429. The van der Waals surface area contributed by atoms with E-state index in [2.05, 4.69) is 5.32 Å². The molecule has 0 heterocycles. The average molecular weight is 297 g/mol. The minimum absolute atomic E-state index is 0.110. The molecule has 0 aliphatic heterocycles. The Morgan fingerprint density at radius 2 is 2.05 bits per heavy atom. The van der Waals surface area contributed by atoms with Crippen molar-refractivity contribution in [3.63, 3.8) is 0 Å². The molecule has 0 aliphatic carbocycles. The molecule has 5 nitrogen and oxygen atoms in total. The van der Waals surface area contributed by atoms with Crippen molar-refractivity contribution in [3.05, 3.63) is 29.3 Å². The first-order chi connectivity index (χ1) is 9.25. The molecule has 0 spiro atoms. The topological polar surface area (TPSA) is 86.6 Å². The zero-order chi connectivity index (χ0) is 15.3. The van der Waals surface area contributed by atoms with Gasteiger partial charge in [0.15, 0.2) is 0 Å². The van der Waals surface area contributed by atoms with Crippen LogP contribution >= 0.6 is 11.8 Å². The monoisotopic (exact) mass is 297 g/mol. The molecule has 0 aromatic heterocycles. The quantitative estimate of drug-likeness (QED) is 0.695. The first kappa shape index (κ1) is 16.5. The van der Waals surface area contributed by atoms with E-state index in [1.165, 1.54) is 18.7 Å². The summed E-state index contributed by atoms with van der Waals surface area (Å²) in [7, 11) is 0. The molecule has 0 radical (unpaired) electrons. The van der Waals surface area contributed by atoms with E-state index in [1.54, 1.807) is 6.07 Å². The van der Waals surface area contributed by atoms with E-state index >= 15 is 0 Å². The first-order valence-corrected chi connectivity index (χ1v) is 7.34. The molecule has 1 atom stereocenters. The number of hydrogen-bond donors (Lipinski definition) is 3. The highest BCUT2D eigenvalue weighted by Gasteiger charge is 2.25. The maximum Gasteiger partial charge on any atom is 0.306 e. The summed E-state index contributed by atoms with van der Waals surface area (Å²) >= 11 is 1.53. The van der Waals surface area contributed by atoms with Crippen LogP contribution in [0.2, 0.25) is 0 Å². The van der Waals surface area contributed by atoms with Gasteiger partial charge in [-0.2, -0.15) is 0 Å². The lowest BCUT2D eigenvalue weighted by molar-refractivity contribution is -0.141. The van der Waals surface area contributed by atoms with E-state index in [0.29, 0.717) is 5.56 Å². The van der Waals surface area contributed by atoms with Crippen molar-refractivity contribution in [3.8, 4) is 0 Å². The van der Waals surface area contributed by atoms with Gasteiger partial charge in [-0.3, -0.25) is 9.59 Å². The van der Waals surface area contributed by atoms with Crippen LogP contribution in [-0.4, -0.2) is 40.5 Å². The van der Waals surface area contributed by atoms with Crippen LogP contribution in [0.1, 0.15) is 29.3 Å². The minimum Gasteiger partial charge on any atom is -0.481 e. The fourth-order valence-electron chi connectivity index (χ4n) is 1.73. The smallest absolute Gasteiger partial charge is 0.306 e. The third-order valence-corrected chi connectivity index (χ3v) is 3.58. The number of carbonyl (C=O) groups excluding carboxylic acids is 1. The van der Waals surface area contributed by atoms with Crippen LogP contribution < -0.4 is 5.32 Å². The Labute approximate surface area is 122 Å². The summed E-state index contributed by atoms with van der Waals surface area (Å²) in [6, 6.07) is 5.56. The van der Waals surface area contributed by atoms with Crippen LogP contribution in [0.3, 0.4) is 0 Å². The van der Waals surface area contributed by atoms with Gasteiger partial charge in [-0.25, -0.2) is 0 Å². The summed E-state index contributed by atoms with van der Waals surface area (Å²) < 4.78 is 0. The molecule has 1 aromatic rings. The number of aliphatic carboxylic acids is 1. The molecule has 0 saturated carbocycles. The Morgan fingerprint density at radius 1 is 1.40 bits per heavy atom. The van der Waals surface area contributed by atoms with Crippen molar-refractivity contribution in [1.82, 2.24) is 5.32 Å². The van der Waals surface area contributed by atoms with Crippen LogP contribution in [0.15, 0.2) is 23.1 Å². The van der Waals surface area contributed by atoms with E-state index < -0.39 is 18.0 Å². The molecule has 110 valence electrons. The van der Waals surface area contributed by atoms with Gasteiger partial charge in [0.25, 0.3) is 5.91 Å². The van der Waals surface area contributed by atoms with Crippen LogP contribution in [0.4, 0.5) is 0 Å². The van der Waals surface area contributed by atoms with E-state index in [1.807, 2.05) is 25.3 Å². The van der Waals surface area contributed by atoms with Gasteiger partial charge >= 0.3 is 5.97 Å². The first-order valence-electron chi connectivity index (χ1n) is 6.12. The van der Waals surface area contributed by atoms with Crippen molar-refractivity contribution in [1.29, 1.82) is 0 Å². The van der Waals surface area contributed by atoms with Gasteiger partial charge < -0.3 is 15.5 Å². The molecular weight excluding hydrogens is 278 g/mol. The van der Waals surface area contributed by atoms with Crippen LogP contribution in [-0.2, 0) is 4.79 Å². The second-order valence-electron chi connectivity index (χ2n) is 4.93. The predicted octanol–water partition coefficient (Wildman–Crippen LogP) is 1.67. The van der Waals surface area contributed by atoms with Gasteiger partial charge in [0.2, 0.25) is 0 Å². The Kier molecular flexibility index (Phi) is 5.59. The van der Waals surface area contributed by atoms with Crippen molar-refractivity contribution < 1.29 is 19.8 Å². The van der Waals surface area contributed by atoms with Gasteiger partial charge in [0.1, 0.15) is 0 Å². The molecule has 1 amide bonds. The molecule has 6 heteroatoms. The number of carbonyl (C=O) groups is 2. The molecule has 1 aromatic carbocycles. The summed E-state index contributed by atoms with van der Waals surface area (Å²) in [5.74, 6) is -1.42. The lowest BCUT2D eigenvalue weighted by Gasteiger charge is -2.21. The number of aryl methyl sites for hydroxylation is 1. The van der Waals surface area contributed by atoms with Crippen molar-refractivity contribution in [2.75, 3.05) is 12.8 Å². The van der Waals surface area contributed by atoms with Crippen molar-refractivity contribution in [2.24, 2.45) is 0 Å². The van der Waals surface area contributed by atoms with Gasteiger partial charge in [-0.05, 0) is 37.8 Å². The zero-order valence-electron chi connectivity index (χ0n) is 11.8. The predicted molar refractivity (Wildman–Crippen MR) is 78.2 cm³/mol. The number of amides is 1. The molecular formula is C14H19NO4S. The van der Waals surface area contributed by atoms with Crippen LogP contribution in [0.5, 0.6) is 0 Å². The Bertz CT molecular complexity index is 514. The SMILES string of the molecule is CSc1ccc(C)c(C(=O)NCC(C)(O)CC(=O)O)c1. The maximum absolute atomic E-state index is 12.1. The fourth-order valence-corrected chi connectivity index (χ4v) is 2.17. The molecule has 3 N–H and O–H groups in total. The Balaban J connectivity index is 2.74. The molecule has 0 bridgehead atoms. The number of carboxylic acids is 1. The van der Waals surface area contributed by atoms with E-state index in [9.17, 15) is 14.7 Å². The lowest BCUT2D eigenvalue weighted by Crippen LogP contribution is -2.42. The molecule has 1 unspecified atom stereocenters. The summed E-state index contributed by atoms with van der Waals surface area (Å²) in [6.45, 7) is 3.10. The highest BCUT2D eigenvalue weighted by Crippen LogP contribution is 2.19. The number of benzene rings is 1. The van der Waals surface area contributed by atoms with E-state index in [-0.39, 0.29) is 12.5 Å². The highest BCUT2D eigenvalue weighted by atomic mass is 32.2. The van der Waals surface area contributed by atoms with Gasteiger partial charge in [0.05, 0.1) is 12.0 Å². The molecule has 20 heavy (non-hydrogen) atoms. The maximum atomic E-state index is 12.1. The summed E-state index contributed by atoms with van der Waals surface area (Å²) in [5.41, 5.74) is -0.104. The third-order valence-electron chi connectivity index (χ3n) is 2.85. The molecule has 0 fully saturated rings. The number of carboxylic acid groups (broad SMARTS) is 1. The lowest BCUT2D eigenvalue weighted by atomic mass is 10.0. The summed E-state index contributed by atoms with van der Waals surface area (Å²) in [4.78, 5) is 23.6. The van der Waals surface area contributed by atoms with Crippen molar-refractivity contribution in [2.45, 2.75) is 30.8 Å². The van der Waals surface area contributed by atoms with Crippen LogP contribution in [0, 0.1) is 6.92 Å².